The molecule has 0 aliphatic heterocycles. The second-order valence-electron chi connectivity index (χ2n) is 6.04. The second kappa shape index (κ2) is 4.90. The normalized spacial score (nSPS) is 23.0. The first-order valence-corrected chi connectivity index (χ1v) is 7.11. The SMILES string of the molecule is Cc1nn(C)c(Cl)c1CC1=CC(Cl)CC(C)(C)C1. The van der Waals surface area contributed by atoms with Crippen molar-refractivity contribution in [2.45, 2.75) is 45.4 Å². The molecular formula is C14H20Cl2N2. The average Bonchev–Trinajstić information content (AvgIpc) is 2.42. The standard InChI is InChI=1S/C14H20Cl2N2/c1-9-12(13(16)18(4)17-9)6-10-5-11(15)8-14(2,3)7-10/h5,11H,6-8H2,1-4H3. The highest BCUT2D eigenvalue weighted by atomic mass is 35.5. The van der Waals surface area contributed by atoms with E-state index >= 15 is 0 Å². The third-order valence-corrected chi connectivity index (χ3v) is 4.30. The zero-order valence-electron chi connectivity index (χ0n) is 11.4. The maximum Gasteiger partial charge on any atom is 0.130 e. The van der Waals surface area contributed by atoms with E-state index in [0.29, 0.717) is 0 Å². The summed E-state index contributed by atoms with van der Waals surface area (Å²) in [5.41, 5.74) is 3.80. The smallest absolute Gasteiger partial charge is 0.130 e. The van der Waals surface area contributed by atoms with Gasteiger partial charge in [-0.2, -0.15) is 5.10 Å². The van der Waals surface area contributed by atoms with Crippen molar-refractivity contribution in [1.29, 1.82) is 0 Å². The molecule has 100 valence electrons. The van der Waals surface area contributed by atoms with Gasteiger partial charge in [0.15, 0.2) is 0 Å². The number of allylic oxidation sites excluding steroid dienone is 2. The molecule has 1 atom stereocenters. The van der Waals surface area contributed by atoms with Gasteiger partial charge in [-0.25, -0.2) is 0 Å². The molecular weight excluding hydrogens is 267 g/mol. The highest BCUT2D eigenvalue weighted by molar-refractivity contribution is 6.30. The lowest BCUT2D eigenvalue weighted by Crippen LogP contribution is -2.23. The van der Waals surface area contributed by atoms with Crippen molar-refractivity contribution in [1.82, 2.24) is 9.78 Å². The predicted octanol–water partition coefficient (Wildman–Crippen LogP) is 4.28. The van der Waals surface area contributed by atoms with Crippen LogP contribution < -0.4 is 0 Å². The van der Waals surface area contributed by atoms with E-state index in [4.69, 9.17) is 23.2 Å². The molecule has 1 heterocycles. The van der Waals surface area contributed by atoms with Gasteiger partial charge in [0.2, 0.25) is 0 Å². The van der Waals surface area contributed by atoms with Crippen LogP contribution >= 0.6 is 23.2 Å². The zero-order chi connectivity index (χ0) is 13.5. The Balaban J connectivity index is 2.24. The Hall–Kier alpha value is -0.470. The minimum absolute atomic E-state index is 0.138. The van der Waals surface area contributed by atoms with Crippen molar-refractivity contribution < 1.29 is 0 Å². The fraction of sp³-hybridized carbons (Fsp3) is 0.643. The lowest BCUT2D eigenvalue weighted by atomic mass is 9.76. The number of aryl methyl sites for hydroxylation is 2. The molecule has 0 radical (unpaired) electrons. The Morgan fingerprint density at radius 3 is 2.67 bits per heavy atom. The van der Waals surface area contributed by atoms with E-state index < -0.39 is 0 Å². The van der Waals surface area contributed by atoms with Gasteiger partial charge in [0.05, 0.1) is 11.1 Å². The van der Waals surface area contributed by atoms with Gasteiger partial charge in [-0.05, 0) is 31.6 Å². The number of alkyl halides is 1. The van der Waals surface area contributed by atoms with E-state index in [1.165, 1.54) is 5.57 Å². The topological polar surface area (TPSA) is 17.8 Å². The van der Waals surface area contributed by atoms with Crippen LogP contribution in [0.1, 0.15) is 37.9 Å². The highest BCUT2D eigenvalue weighted by Gasteiger charge is 2.28. The summed E-state index contributed by atoms with van der Waals surface area (Å²) in [6, 6.07) is 0. The molecule has 1 aromatic heterocycles. The molecule has 0 saturated heterocycles. The van der Waals surface area contributed by atoms with Crippen molar-refractivity contribution in [3.63, 3.8) is 0 Å². The van der Waals surface area contributed by atoms with Crippen molar-refractivity contribution in [2.24, 2.45) is 12.5 Å². The van der Waals surface area contributed by atoms with Gasteiger partial charge in [0.25, 0.3) is 0 Å². The third-order valence-electron chi connectivity index (χ3n) is 3.54. The van der Waals surface area contributed by atoms with Crippen LogP contribution in [-0.4, -0.2) is 15.2 Å². The molecule has 4 heteroatoms. The summed E-state index contributed by atoms with van der Waals surface area (Å²) < 4.78 is 1.74. The lowest BCUT2D eigenvalue weighted by Gasteiger charge is -2.32. The number of nitrogens with zero attached hydrogens (tertiary/aromatic N) is 2. The van der Waals surface area contributed by atoms with Gasteiger partial charge in [-0.1, -0.05) is 37.1 Å². The summed E-state index contributed by atoms with van der Waals surface area (Å²) >= 11 is 12.6. The average molecular weight is 287 g/mol. The van der Waals surface area contributed by atoms with Crippen molar-refractivity contribution in [2.75, 3.05) is 0 Å². The van der Waals surface area contributed by atoms with Crippen molar-refractivity contribution in [3.05, 3.63) is 28.1 Å². The molecule has 1 unspecified atom stereocenters. The van der Waals surface area contributed by atoms with Crippen LogP contribution in [0, 0.1) is 12.3 Å². The summed E-state index contributed by atoms with van der Waals surface area (Å²) in [6.45, 7) is 6.55. The molecule has 0 fully saturated rings. The summed E-state index contributed by atoms with van der Waals surface area (Å²) in [7, 11) is 1.88. The summed E-state index contributed by atoms with van der Waals surface area (Å²) in [5.74, 6) is 0. The fourth-order valence-corrected chi connectivity index (χ4v) is 3.65. The first-order chi connectivity index (χ1) is 8.28. The molecule has 1 aliphatic carbocycles. The molecule has 0 spiro atoms. The Bertz CT molecular complexity index is 486. The number of halogens is 2. The molecule has 0 bridgehead atoms. The molecule has 1 aliphatic rings. The molecule has 0 N–H and O–H groups in total. The first kappa shape index (κ1) is 14.0. The largest absolute Gasteiger partial charge is 0.257 e. The number of hydrogen-bond donors (Lipinski definition) is 0. The van der Waals surface area contributed by atoms with Crippen LogP contribution in [0.5, 0.6) is 0 Å². The minimum atomic E-state index is 0.138. The monoisotopic (exact) mass is 286 g/mol. The fourth-order valence-electron chi connectivity index (χ4n) is 2.81. The van der Waals surface area contributed by atoms with Crippen LogP contribution in [0.2, 0.25) is 5.15 Å². The van der Waals surface area contributed by atoms with Crippen molar-refractivity contribution >= 4 is 23.2 Å². The number of hydrogen-bond acceptors (Lipinski definition) is 1. The molecule has 0 saturated carbocycles. The second-order valence-corrected chi connectivity index (χ2v) is 6.96. The van der Waals surface area contributed by atoms with Crippen LogP contribution in [0.3, 0.4) is 0 Å². The van der Waals surface area contributed by atoms with E-state index in [-0.39, 0.29) is 10.8 Å². The van der Waals surface area contributed by atoms with Gasteiger partial charge < -0.3 is 0 Å². The van der Waals surface area contributed by atoms with E-state index in [0.717, 1.165) is 35.7 Å². The van der Waals surface area contributed by atoms with Crippen LogP contribution in [0.25, 0.3) is 0 Å². The van der Waals surface area contributed by atoms with Crippen LogP contribution in [-0.2, 0) is 13.5 Å². The molecule has 1 aromatic rings. The van der Waals surface area contributed by atoms with Gasteiger partial charge >= 0.3 is 0 Å². The summed E-state index contributed by atoms with van der Waals surface area (Å²) in [6.07, 6.45) is 5.18. The molecule has 2 nitrogen and oxygen atoms in total. The van der Waals surface area contributed by atoms with E-state index in [1.54, 1.807) is 4.68 Å². The van der Waals surface area contributed by atoms with Gasteiger partial charge in [-0.15, -0.1) is 11.6 Å². The van der Waals surface area contributed by atoms with Gasteiger partial charge in [-0.3, -0.25) is 4.68 Å². The van der Waals surface area contributed by atoms with Gasteiger partial charge in [0.1, 0.15) is 5.15 Å². The molecule has 0 aromatic carbocycles. The quantitative estimate of drug-likeness (QED) is 0.586. The number of aromatic nitrogens is 2. The zero-order valence-corrected chi connectivity index (χ0v) is 12.9. The van der Waals surface area contributed by atoms with E-state index in [9.17, 15) is 0 Å². The maximum atomic E-state index is 6.32. The Morgan fingerprint density at radius 2 is 2.17 bits per heavy atom. The summed E-state index contributed by atoms with van der Waals surface area (Å²) in [5, 5.41) is 5.23. The van der Waals surface area contributed by atoms with E-state index in [2.05, 4.69) is 25.0 Å². The van der Waals surface area contributed by atoms with Crippen LogP contribution in [0.15, 0.2) is 11.6 Å². The first-order valence-electron chi connectivity index (χ1n) is 6.30. The molecule has 2 rings (SSSR count). The highest BCUT2D eigenvalue weighted by Crippen LogP contribution is 2.39. The van der Waals surface area contributed by atoms with Gasteiger partial charge in [0, 0.05) is 12.6 Å². The maximum absolute atomic E-state index is 6.32. The number of rotatable bonds is 2. The van der Waals surface area contributed by atoms with E-state index in [1.807, 2.05) is 14.0 Å². The molecule has 18 heavy (non-hydrogen) atoms. The Labute approximate surface area is 119 Å². The van der Waals surface area contributed by atoms with Crippen LogP contribution in [0.4, 0.5) is 0 Å². The Morgan fingerprint density at radius 1 is 1.50 bits per heavy atom. The minimum Gasteiger partial charge on any atom is -0.257 e. The third kappa shape index (κ3) is 2.92. The van der Waals surface area contributed by atoms with Crippen molar-refractivity contribution in [3.8, 4) is 0 Å². The Kier molecular flexibility index (Phi) is 3.80. The molecule has 0 amide bonds. The summed E-state index contributed by atoms with van der Waals surface area (Å²) in [4.78, 5) is 0. The predicted molar refractivity (Wildman–Crippen MR) is 77.4 cm³/mol. The lowest BCUT2D eigenvalue weighted by molar-refractivity contribution is 0.320.